The second-order valence-electron chi connectivity index (χ2n) is 8.49. The number of rotatable bonds is 8. The molecule has 0 heterocycles. The molecule has 0 fully saturated rings. The quantitative estimate of drug-likeness (QED) is 0.257. The second-order valence-corrected chi connectivity index (χ2v) is 9.67. The minimum absolute atomic E-state index is 0.109. The molecule has 0 aliphatic carbocycles. The Labute approximate surface area is 215 Å². The van der Waals surface area contributed by atoms with Crippen molar-refractivity contribution in [2.24, 2.45) is 0 Å². The van der Waals surface area contributed by atoms with Gasteiger partial charge < -0.3 is 15.4 Å². The van der Waals surface area contributed by atoms with Crippen LogP contribution < -0.4 is 15.4 Å². The first kappa shape index (κ1) is 25.1. The van der Waals surface area contributed by atoms with E-state index in [1.807, 2.05) is 80.6 Å². The van der Waals surface area contributed by atoms with Gasteiger partial charge in [0.25, 0.3) is 5.91 Å². The zero-order chi connectivity index (χ0) is 25.5. The first-order valence-corrected chi connectivity index (χ1v) is 12.5. The average Bonchev–Trinajstić information content (AvgIpc) is 2.87. The molecule has 0 bridgehead atoms. The molecule has 182 valence electrons. The van der Waals surface area contributed by atoms with Gasteiger partial charge in [-0.2, -0.15) is 0 Å². The number of carbonyl (C=O) groups is 2. The lowest BCUT2D eigenvalue weighted by Gasteiger charge is -2.18. The Morgan fingerprint density at radius 1 is 0.750 bits per heavy atom. The average molecular weight is 497 g/mol. The summed E-state index contributed by atoms with van der Waals surface area (Å²) >= 11 is 1.44. The first-order valence-electron chi connectivity index (χ1n) is 11.6. The van der Waals surface area contributed by atoms with Crippen molar-refractivity contribution in [1.29, 1.82) is 0 Å². The lowest BCUT2D eigenvalue weighted by atomic mass is 10.1. The summed E-state index contributed by atoms with van der Waals surface area (Å²) in [6.07, 6.45) is 0. The van der Waals surface area contributed by atoms with E-state index in [4.69, 9.17) is 4.74 Å². The molecular weight excluding hydrogens is 468 g/mol. The number of amides is 2. The van der Waals surface area contributed by atoms with Gasteiger partial charge in [0.2, 0.25) is 5.91 Å². The van der Waals surface area contributed by atoms with Gasteiger partial charge in [-0.25, -0.2) is 0 Å². The molecule has 4 rings (SSSR count). The molecule has 0 spiro atoms. The van der Waals surface area contributed by atoms with Gasteiger partial charge in [0.1, 0.15) is 11.0 Å². The predicted octanol–water partition coefficient (Wildman–Crippen LogP) is 7.04. The topological polar surface area (TPSA) is 67.4 Å². The van der Waals surface area contributed by atoms with Crippen LogP contribution in [0.15, 0.2) is 102 Å². The zero-order valence-electron chi connectivity index (χ0n) is 20.4. The van der Waals surface area contributed by atoms with Crippen LogP contribution in [0.4, 0.5) is 11.4 Å². The monoisotopic (exact) mass is 496 g/mol. The third-order valence-electron chi connectivity index (χ3n) is 5.51. The lowest BCUT2D eigenvalue weighted by molar-refractivity contribution is -0.115. The number of hydrogen-bond donors (Lipinski definition) is 2. The minimum Gasteiger partial charge on any atom is -0.497 e. The number of carbonyl (C=O) groups excluding carboxylic acids is 2. The molecule has 0 saturated heterocycles. The van der Waals surface area contributed by atoms with Crippen LogP contribution in [0, 0.1) is 13.8 Å². The van der Waals surface area contributed by atoms with Crippen LogP contribution in [0.1, 0.15) is 32.3 Å². The maximum Gasteiger partial charge on any atom is 0.255 e. The Kier molecular flexibility index (Phi) is 8.08. The van der Waals surface area contributed by atoms with E-state index < -0.39 is 5.25 Å². The number of aryl methyl sites for hydroxylation is 2. The third kappa shape index (κ3) is 6.55. The van der Waals surface area contributed by atoms with Gasteiger partial charge >= 0.3 is 0 Å². The van der Waals surface area contributed by atoms with Gasteiger partial charge in [-0.05, 0) is 79.1 Å². The summed E-state index contributed by atoms with van der Waals surface area (Å²) in [6.45, 7) is 4.02. The summed E-state index contributed by atoms with van der Waals surface area (Å²) in [5, 5.41) is 5.54. The third-order valence-corrected chi connectivity index (χ3v) is 6.76. The highest BCUT2D eigenvalue weighted by molar-refractivity contribution is 8.00. The molecule has 0 aliphatic rings. The molecule has 0 aliphatic heterocycles. The number of anilines is 2. The van der Waals surface area contributed by atoms with Crippen molar-refractivity contribution < 1.29 is 14.3 Å². The van der Waals surface area contributed by atoms with Crippen LogP contribution in [0.2, 0.25) is 0 Å². The Morgan fingerprint density at radius 2 is 1.47 bits per heavy atom. The van der Waals surface area contributed by atoms with Crippen LogP contribution in [0.25, 0.3) is 0 Å². The molecule has 1 unspecified atom stereocenters. The summed E-state index contributed by atoms with van der Waals surface area (Å²) in [4.78, 5) is 27.1. The minimum atomic E-state index is -0.476. The Hall–Kier alpha value is -4.03. The molecule has 0 saturated carbocycles. The number of ether oxygens (including phenoxy) is 1. The van der Waals surface area contributed by atoms with E-state index in [0.717, 1.165) is 27.3 Å². The molecule has 2 N–H and O–H groups in total. The van der Waals surface area contributed by atoms with Crippen molar-refractivity contribution in [3.63, 3.8) is 0 Å². The highest BCUT2D eigenvalue weighted by Gasteiger charge is 2.22. The van der Waals surface area contributed by atoms with E-state index in [-0.39, 0.29) is 11.8 Å². The summed E-state index contributed by atoms with van der Waals surface area (Å²) in [6, 6.07) is 30.2. The summed E-state index contributed by atoms with van der Waals surface area (Å²) in [5.41, 5.74) is 5.01. The Balaban J connectivity index is 1.54. The number of benzene rings is 4. The predicted molar refractivity (Wildman–Crippen MR) is 147 cm³/mol. The van der Waals surface area contributed by atoms with Crippen molar-refractivity contribution >= 4 is 35.0 Å². The van der Waals surface area contributed by atoms with Crippen LogP contribution >= 0.6 is 11.8 Å². The summed E-state index contributed by atoms with van der Waals surface area (Å²) < 4.78 is 5.22. The van der Waals surface area contributed by atoms with E-state index in [2.05, 4.69) is 16.7 Å². The van der Waals surface area contributed by atoms with E-state index in [9.17, 15) is 9.59 Å². The largest absolute Gasteiger partial charge is 0.497 e. The van der Waals surface area contributed by atoms with E-state index in [0.29, 0.717) is 17.0 Å². The molecular formula is C30H28N2O3S. The van der Waals surface area contributed by atoms with E-state index >= 15 is 0 Å². The van der Waals surface area contributed by atoms with Crippen molar-refractivity contribution in [2.45, 2.75) is 24.0 Å². The highest BCUT2D eigenvalue weighted by atomic mass is 32.2. The fourth-order valence-corrected chi connectivity index (χ4v) is 4.99. The summed E-state index contributed by atoms with van der Waals surface area (Å²) in [7, 11) is 1.57. The number of hydrogen-bond acceptors (Lipinski definition) is 4. The van der Waals surface area contributed by atoms with Gasteiger partial charge in [0.15, 0.2) is 0 Å². The van der Waals surface area contributed by atoms with Crippen LogP contribution in [-0.4, -0.2) is 18.9 Å². The van der Waals surface area contributed by atoms with Crippen LogP contribution in [-0.2, 0) is 4.79 Å². The molecule has 1 atom stereocenters. The van der Waals surface area contributed by atoms with Crippen molar-refractivity contribution in [3.05, 3.63) is 119 Å². The fraction of sp³-hybridized carbons (Fsp3) is 0.133. The van der Waals surface area contributed by atoms with Gasteiger partial charge in [-0.1, -0.05) is 48.5 Å². The summed E-state index contributed by atoms with van der Waals surface area (Å²) in [5.74, 6) is 0.276. The normalized spacial score (nSPS) is 11.4. The maximum atomic E-state index is 13.4. The maximum absolute atomic E-state index is 13.4. The molecule has 0 radical (unpaired) electrons. The Morgan fingerprint density at radius 3 is 2.19 bits per heavy atom. The molecule has 4 aromatic rings. The lowest BCUT2D eigenvalue weighted by Crippen LogP contribution is -2.19. The molecule has 6 heteroatoms. The van der Waals surface area contributed by atoms with Crippen molar-refractivity contribution in [1.82, 2.24) is 0 Å². The molecule has 0 aromatic heterocycles. The molecule has 2 amide bonds. The number of thioether (sulfide) groups is 1. The molecule has 5 nitrogen and oxygen atoms in total. The fourth-order valence-electron chi connectivity index (χ4n) is 3.91. The standard InChI is InChI=1S/C30H28N2O3S/c1-20-15-21(2)17-25(16-20)32-30(34)28(22-9-5-4-6-10-22)36-27-14-8-12-24(19-27)31-29(33)23-11-7-13-26(18-23)35-3/h4-19,28H,1-3H3,(H,31,33)(H,32,34). The Bertz CT molecular complexity index is 1350. The smallest absolute Gasteiger partial charge is 0.255 e. The van der Waals surface area contributed by atoms with Gasteiger partial charge in [-0.3, -0.25) is 9.59 Å². The van der Waals surface area contributed by atoms with Gasteiger partial charge in [0.05, 0.1) is 7.11 Å². The number of nitrogens with one attached hydrogen (secondary N) is 2. The van der Waals surface area contributed by atoms with Crippen LogP contribution in [0.3, 0.4) is 0 Å². The van der Waals surface area contributed by atoms with E-state index in [1.54, 1.807) is 31.4 Å². The molecule has 4 aromatic carbocycles. The zero-order valence-corrected chi connectivity index (χ0v) is 21.3. The van der Waals surface area contributed by atoms with Crippen molar-refractivity contribution in [3.8, 4) is 5.75 Å². The highest BCUT2D eigenvalue weighted by Crippen LogP contribution is 2.37. The van der Waals surface area contributed by atoms with Gasteiger partial charge in [0, 0.05) is 21.8 Å². The van der Waals surface area contributed by atoms with Crippen molar-refractivity contribution in [2.75, 3.05) is 17.7 Å². The van der Waals surface area contributed by atoms with E-state index in [1.165, 1.54) is 11.8 Å². The second kappa shape index (κ2) is 11.6. The number of methoxy groups -OCH3 is 1. The van der Waals surface area contributed by atoms with Gasteiger partial charge in [-0.15, -0.1) is 11.8 Å². The SMILES string of the molecule is COc1cccc(C(=O)Nc2cccc(SC(C(=O)Nc3cc(C)cc(C)c3)c3ccccc3)c2)c1. The first-order chi connectivity index (χ1) is 17.4. The molecule has 36 heavy (non-hydrogen) atoms. The van der Waals surface area contributed by atoms with Crippen LogP contribution in [0.5, 0.6) is 5.75 Å².